The minimum atomic E-state index is -0.463. The van der Waals surface area contributed by atoms with Gasteiger partial charge in [-0.3, -0.25) is 0 Å². The monoisotopic (exact) mass is 407 g/mol. The third kappa shape index (κ3) is 3.71. The van der Waals surface area contributed by atoms with Crippen LogP contribution < -0.4 is 4.90 Å². The first-order valence-electron chi connectivity index (χ1n) is 10.8. The van der Waals surface area contributed by atoms with E-state index in [1.165, 1.54) is 16.7 Å². The summed E-state index contributed by atoms with van der Waals surface area (Å²) >= 11 is 0. The van der Waals surface area contributed by atoms with Gasteiger partial charge >= 0.3 is 0 Å². The molecule has 2 aromatic rings. The zero-order valence-corrected chi connectivity index (χ0v) is 18.5. The van der Waals surface area contributed by atoms with Crippen LogP contribution in [-0.2, 0) is 6.42 Å². The first-order chi connectivity index (χ1) is 14.2. The molecule has 1 nitrogen and oxygen atoms in total. The SMILES string of the molecule is C=C(C)C(=C(C)C)c1ccc(N(C)CC2c3cc(F)cc(F)c3CCC23CC3)cc1. The van der Waals surface area contributed by atoms with Gasteiger partial charge < -0.3 is 4.90 Å². The van der Waals surface area contributed by atoms with Crippen molar-refractivity contribution in [2.45, 2.75) is 52.4 Å². The second-order valence-electron chi connectivity index (χ2n) is 9.45. The second-order valence-corrected chi connectivity index (χ2v) is 9.45. The second kappa shape index (κ2) is 7.68. The first kappa shape index (κ1) is 20.8. The van der Waals surface area contributed by atoms with Crippen molar-refractivity contribution in [2.75, 3.05) is 18.5 Å². The zero-order valence-electron chi connectivity index (χ0n) is 18.5. The molecular formula is C27H31F2N. The molecule has 0 aliphatic heterocycles. The van der Waals surface area contributed by atoms with Crippen LogP contribution in [0.2, 0.25) is 0 Å². The maximum atomic E-state index is 14.4. The van der Waals surface area contributed by atoms with E-state index < -0.39 is 5.82 Å². The van der Waals surface area contributed by atoms with Gasteiger partial charge in [-0.15, -0.1) is 0 Å². The maximum Gasteiger partial charge on any atom is 0.129 e. The maximum absolute atomic E-state index is 14.4. The highest BCUT2D eigenvalue weighted by Crippen LogP contribution is 2.62. The van der Waals surface area contributed by atoms with Gasteiger partial charge in [0.1, 0.15) is 11.6 Å². The van der Waals surface area contributed by atoms with E-state index in [4.69, 9.17) is 0 Å². The molecular weight excluding hydrogens is 376 g/mol. The van der Waals surface area contributed by atoms with Crippen LogP contribution in [0.1, 0.15) is 62.6 Å². The summed E-state index contributed by atoms with van der Waals surface area (Å²) in [6.45, 7) is 11.1. The van der Waals surface area contributed by atoms with E-state index >= 15 is 0 Å². The third-order valence-corrected chi connectivity index (χ3v) is 7.05. The lowest BCUT2D eigenvalue weighted by atomic mass is 9.72. The molecule has 0 saturated heterocycles. The lowest BCUT2D eigenvalue weighted by Crippen LogP contribution is -2.33. The van der Waals surface area contributed by atoms with Gasteiger partial charge in [0.05, 0.1) is 0 Å². The Bertz CT molecular complexity index is 1010. The molecule has 1 spiro atoms. The van der Waals surface area contributed by atoms with Gasteiger partial charge in [0, 0.05) is 31.3 Å². The van der Waals surface area contributed by atoms with Crippen LogP contribution in [-0.4, -0.2) is 13.6 Å². The normalized spacial score (nSPS) is 18.7. The number of likely N-dealkylation sites (N-methyl/N-ethyl adjacent to an activating group) is 1. The topological polar surface area (TPSA) is 3.24 Å². The van der Waals surface area contributed by atoms with Gasteiger partial charge in [-0.1, -0.05) is 29.9 Å². The first-order valence-corrected chi connectivity index (χ1v) is 10.8. The standard InChI is InChI=1S/C27H31F2N/c1-17(2)26(18(3)4)19-6-8-21(9-7-19)30(5)16-24-23-14-20(28)15-25(29)22(23)10-11-27(24)12-13-27/h6-9,14-15,24H,1,10-13,16H2,2-5H3. The van der Waals surface area contributed by atoms with Crippen molar-refractivity contribution in [3.05, 3.63) is 82.4 Å². The molecule has 3 heteroatoms. The van der Waals surface area contributed by atoms with E-state index in [1.807, 2.05) is 6.92 Å². The molecule has 0 bridgehead atoms. The Morgan fingerprint density at radius 2 is 1.73 bits per heavy atom. The third-order valence-electron chi connectivity index (χ3n) is 7.05. The fraction of sp³-hybridized carbons (Fsp3) is 0.407. The summed E-state index contributed by atoms with van der Waals surface area (Å²) in [4.78, 5) is 2.23. The highest BCUT2D eigenvalue weighted by Gasteiger charge is 2.52. The van der Waals surface area contributed by atoms with Crippen LogP contribution in [0.5, 0.6) is 0 Å². The van der Waals surface area contributed by atoms with Crippen LogP contribution in [0, 0.1) is 17.0 Å². The molecule has 2 aliphatic carbocycles. The molecule has 30 heavy (non-hydrogen) atoms. The smallest absolute Gasteiger partial charge is 0.129 e. The molecule has 1 unspecified atom stereocenters. The van der Waals surface area contributed by atoms with Crippen LogP contribution in [0.3, 0.4) is 0 Å². The Morgan fingerprint density at radius 1 is 1.07 bits per heavy atom. The predicted molar refractivity (Wildman–Crippen MR) is 122 cm³/mol. The lowest BCUT2D eigenvalue weighted by molar-refractivity contribution is 0.341. The zero-order chi connectivity index (χ0) is 21.6. The molecule has 1 fully saturated rings. The van der Waals surface area contributed by atoms with Gasteiger partial charge in [-0.05, 0) is 92.3 Å². The Labute approximate surface area is 179 Å². The van der Waals surface area contributed by atoms with Crippen molar-refractivity contribution >= 4 is 11.3 Å². The van der Waals surface area contributed by atoms with Crippen LogP contribution in [0.25, 0.3) is 5.57 Å². The number of halogens is 2. The van der Waals surface area contributed by atoms with Crippen molar-refractivity contribution in [1.82, 2.24) is 0 Å². The van der Waals surface area contributed by atoms with Gasteiger partial charge in [0.15, 0.2) is 0 Å². The summed E-state index contributed by atoms with van der Waals surface area (Å²) in [5.41, 5.74) is 7.63. The van der Waals surface area contributed by atoms with Crippen molar-refractivity contribution < 1.29 is 8.78 Å². The highest BCUT2D eigenvalue weighted by molar-refractivity contribution is 5.80. The minimum absolute atomic E-state index is 0.167. The van der Waals surface area contributed by atoms with Crippen molar-refractivity contribution in [2.24, 2.45) is 5.41 Å². The van der Waals surface area contributed by atoms with Crippen LogP contribution in [0.15, 0.2) is 54.1 Å². The number of nitrogens with zero attached hydrogens (tertiary/aromatic N) is 1. The molecule has 0 N–H and O–H groups in total. The van der Waals surface area contributed by atoms with E-state index in [9.17, 15) is 8.78 Å². The molecule has 0 aromatic heterocycles. The molecule has 2 aliphatic rings. The number of allylic oxidation sites excluding steroid dienone is 3. The Kier molecular flexibility index (Phi) is 5.34. The summed E-state index contributed by atoms with van der Waals surface area (Å²) in [7, 11) is 2.08. The number of fused-ring (bicyclic) bond motifs is 1. The molecule has 1 saturated carbocycles. The van der Waals surface area contributed by atoms with Crippen molar-refractivity contribution in [1.29, 1.82) is 0 Å². The fourth-order valence-corrected chi connectivity index (χ4v) is 5.35. The van der Waals surface area contributed by atoms with Gasteiger partial charge in [0.2, 0.25) is 0 Å². The number of rotatable bonds is 5. The molecule has 158 valence electrons. The minimum Gasteiger partial charge on any atom is -0.374 e. The van der Waals surface area contributed by atoms with E-state index in [-0.39, 0.29) is 17.2 Å². The Hall–Kier alpha value is -2.42. The van der Waals surface area contributed by atoms with E-state index in [0.717, 1.165) is 60.7 Å². The fourth-order valence-electron chi connectivity index (χ4n) is 5.35. The largest absolute Gasteiger partial charge is 0.374 e. The summed E-state index contributed by atoms with van der Waals surface area (Å²) in [6.07, 6.45) is 4.04. The summed E-state index contributed by atoms with van der Waals surface area (Å²) in [5.74, 6) is -0.679. The summed E-state index contributed by atoms with van der Waals surface area (Å²) in [5, 5.41) is 0. The molecule has 4 rings (SSSR count). The highest BCUT2D eigenvalue weighted by atomic mass is 19.1. The van der Waals surface area contributed by atoms with Crippen molar-refractivity contribution in [3.8, 4) is 0 Å². The molecule has 0 amide bonds. The molecule has 0 radical (unpaired) electrons. The number of hydrogen-bond acceptors (Lipinski definition) is 1. The molecule has 1 atom stereocenters. The predicted octanol–water partition coefficient (Wildman–Crippen LogP) is 7.28. The van der Waals surface area contributed by atoms with Gasteiger partial charge in [0.25, 0.3) is 0 Å². The van der Waals surface area contributed by atoms with E-state index in [2.05, 4.69) is 56.6 Å². The average Bonchev–Trinajstić information content (AvgIpc) is 3.44. The molecule has 0 heterocycles. The van der Waals surface area contributed by atoms with Crippen LogP contribution >= 0.6 is 0 Å². The van der Waals surface area contributed by atoms with Gasteiger partial charge in [-0.25, -0.2) is 8.78 Å². The summed E-state index contributed by atoms with van der Waals surface area (Å²) < 4.78 is 28.5. The number of hydrogen-bond donors (Lipinski definition) is 0. The Balaban J connectivity index is 1.61. The number of anilines is 1. The van der Waals surface area contributed by atoms with E-state index in [1.54, 1.807) is 6.07 Å². The van der Waals surface area contributed by atoms with Crippen molar-refractivity contribution in [3.63, 3.8) is 0 Å². The Morgan fingerprint density at radius 3 is 2.30 bits per heavy atom. The van der Waals surface area contributed by atoms with E-state index in [0.29, 0.717) is 0 Å². The summed E-state index contributed by atoms with van der Waals surface area (Å²) in [6, 6.07) is 11.2. The quantitative estimate of drug-likeness (QED) is 0.471. The number of benzene rings is 2. The molecule has 2 aromatic carbocycles. The average molecular weight is 408 g/mol. The van der Waals surface area contributed by atoms with Crippen LogP contribution in [0.4, 0.5) is 14.5 Å². The lowest BCUT2D eigenvalue weighted by Gasteiger charge is -2.37. The van der Waals surface area contributed by atoms with Gasteiger partial charge in [-0.2, -0.15) is 0 Å².